The molecule has 2 heterocycles. The first-order valence-electron chi connectivity index (χ1n) is 10.2. The van der Waals surface area contributed by atoms with Crippen molar-refractivity contribution < 1.29 is 19.1 Å². The number of tetrazole rings is 1. The van der Waals surface area contributed by atoms with Gasteiger partial charge in [-0.2, -0.15) is 0 Å². The Morgan fingerprint density at radius 2 is 1.50 bits per heavy atom. The Balaban J connectivity index is 1.77. The van der Waals surface area contributed by atoms with Crippen LogP contribution in [-0.4, -0.2) is 51.3 Å². The highest BCUT2D eigenvalue weighted by atomic mass is 16.5. The van der Waals surface area contributed by atoms with E-state index in [0.29, 0.717) is 35.0 Å². The quantitative estimate of drug-likeness (QED) is 0.538. The lowest BCUT2D eigenvalue weighted by atomic mass is 9.82. The molecule has 0 atom stereocenters. The van der Waals surface area contributed by atoms with Crippen molar-refractivity contribution >= 4 is 11.9 Å². The van der Waals surface area contributed by atoms with E-state index >= 15 is 0 Å². The third-order valence-corrected chi connectivity index (χ3v) is 5.49. The van der Waals surface area contributed by atoms with Gasteiger partial charge < -0.3 is 14.8 Å². The van der Waals surface area contributed by atoms with Crippen LogP contribution >= 0.6 is 0 Å². The van der Waals surface area contributed by atoms with E-state index in [4.69, 9.17) is 9.47 Å². The summed E-state index contributed by atoms with van der Waals surface area (Å²) in [5, 5.41) is 14.6. The summed E-state index contributed by atoms with van der Waals surface area (Å²) in [5.74, 6) is 1.32. The van der Waals surface area contributed by atoms with Crippen LogP contribution in [0.1, 0.15) is 30.3 Å². The van der Waals surface area contributed by atoms with Crippen LogP contribution < -0.4 is 14.8 Å². The molecular formula is C22H24N6O4. The number of hydrogen-bond donors (Lipinski definition) is 1. The van der Waals surface area contributed by atoms with Gasteiger partial charge in [0.15, 0.2) is 11.4 Å². The van der Waals surface area contributed by atoms with Crippen molar-refractivity contribution in [1.82, 2.24) is 30.4 Å². The zero-order valence-corrected chi connectivity index (χ0v) is 18.1. The lowest BCUT2D eigenvalue weighted by molar-refractivity contribution is -0.130. The molecule has 4 rings (SSSR count). The highest BCUT2D eigenvalue weighted by Gasteiger charge is 2.54. The SMILES string of the molecule is CCCn1nnnc1CN1C(=O)NC(c2ccc(OC)cc2)(c2ccc(OC)cc2)C1=O. The zero-order valence-electron chi connectivity index (χ0n) is 18.1. The number of imide groups is 1. The Bertz CT molecular complexity index is 1060. The van der Waals surface area contributed by atoms with Crippen molar-refractivity contribution in [3.8, 4) is 11.5 Å². The molecule has 1 aliphatic rings. The van der Waals surface area contributed by atoms with Crippen molar-refractivity contribution in [3.05, 3.63) is 65.5 Å². The molecule has 0 unspecified atom stereocenters. The molecule has 1 aliphatic heterocycles. The summed E-state index contributed by atoms with van der Waals surface area (Å²) in [6.45, 7) is 2.55. The Morgan fingerprint density at radius 1 is 0.938 bits per heavy atom. The smallest absolute Gasteiger partial charge is 0.325 e. The first-order chi connectivity index (χ1) is 15.5. The van der Waals surface area contributed by atoms with Gasteiger partial charge in [0, 0.05) is 6.54 Å². The number of nitrogens with zero attached hydrogens (tertiary/aromatic N) is 5. The predicted molar refractivity (Wildman–Crippen MR) is 114 cm³/mol. The third-order valence-electron chi connectivity index (χ3n) is 5.49. The molecule has 3 amide bonds. The van der Waals surface area contributed by atoms with E-state index in [1.165, 1.54) is 0 Å². The standard InChI is InChI=1S/C22H24N6O4/c1-4-13-28-19(24-25-26-28)14-27-20(29)22(23-21(27)30,15-5-9-17(31-2)10-6-15)16-7-11-18(32-3)12-8-16/h5-12H,4,13-14H2,1-3H3,(H,23,30). The summed E-state index contributed by atoms with van der Waals surface area (Å²) in [6.07, 6.45) is 0.819. The van der Waals surface area contributed by atoms with Crippen LogP contribution in [0, 0.1) is 0 Å². The van der Waals surface area contributed by atoms with E-state index in [1.807, 2.05) is 6.92 Å². The number of amides is 3. The van der Waals surface area contributed by atoms with Crippen molar-refractivity contribution in [3.63, 3.8) is 0 Å². The van der Waals surface area contributed by atoms with Crippen LogP contribution in [0.2, 0.25) is 0 Å². The fraction of sp³-hybridized carbons (Fsp3) is 0.318. The number of aryl methyl sites for hydroxylation is 1. The summed E-state index contributed by atoms with van der Waals surface area (Å²) in [5.41, 5.74) is -0.187. The third kappa shape index (κ3) is 3.53. The molecule has 1 aromatic heterocycles. The monoisotopic (exact) mass is 436 g/mol. The van der Waals surface area contributed by atoms with Crippen molar-refractivity contribution in [2.75, 3.05) is 14.2 Å². The molecule has 1 saturated heterocycles. The first-order valence-corrected chi connectivity index (χ1v) is 10.2. The Morgan fingerprint density at radius 3 is 2.00 bits per heavy atom. The molecule has 10 heteroatoms. The Labute approximate surface area is 185 Å². The van der Waals surface area contributed by atoms with Crippen LogP contribution in [0.25, 0.3) is 0 Å². The molecule has 166 valence electrons. The molecular weight excluding hydrogens is 412 g/mol. The van der Waals surface area contributed by atoms with Gasteiger partial charge in [-0.25, -0.2) is 9.48 Å². The van der Waals surface area contributed by atoms with E-state index in [9.17, 15) is 9.59 Å². The van der Waals surface area contributed by atoms with Crippen LogP contribution in [0.15, 0.2) is 48.5 Å². The second kappa shape index (κ2) is 8.66. The predicted octanol–water partition coefficient (Wildman–Crippen LogP) is 2.10. The van der Waals surface area contributed by atoms with Crippen LogP contribution in [0.4, 0.5) is 4.79 Å². The van der Waals surface area contributed by atoms with Gasteiger partial charge in [-0.05, 0) is 52.2 Å². The summed E-state index contributed by atoms with van der Waals surface area (Å²) in [7, 11) is 3.14. The van der Waals surface area contributed by atoms with Crippen LogP contribution in [-0.2, 0) is 23.4 Å². The van der Waals surface area contributed by atoms with Crippen molar-refractivity contribution in [1.29, 1.82) is 0 Å². The van der Waals surface area contributed by atoms with E-state index in [2.05, 4.69) is 20.8 Å². The molecule has 0 saturated carbocycles. The van der Waals surface area contributed by atoms with E-state index < -0.39 is 17.5 Å². The van der Waals surface area contributed by atoms with E-state index in [0.717, 1.165) is 11.3 Å². The van der Waals surface area contributed by atoms with Crippen molar-refractivity contribution in [2.24, 2.45) is 0 Å². The molecule has 0 radical (unpaired) electrons. The second-order valence-electron chi connectivity index (χ2n) is 7.35. The topological polar surface area (TPSA) is 111 Å². The number of urea groups is 1. The molecule has 0 spiro atoms. The molecule has 32 heavy (non-hydrogen) atoms. The number of nitrogens with one attached hydrogen (secondary N) is 1. The number of benzene rings is 2. The van der Waals surface area contributed by atoms with Crippen LogP contribution in [0.3, 0.4) is 0 Å². The minimum Gasteiger partial charge on any atom is -0.497 e. The zero-order chi connectivity index (χ0) is 22.7. The van der Waals surface area contributed by atoms with Gasteiger partial charge in [-0.15, -0.1) is 5.10 Å². The Hall–Kier alpha value is -3.95. The van der Waals surface area contributed by atoms with Gasteiger partial charge in [-0.1, -0.05) is 31.2 Å². The van der Waals surface area contributed by atoms with Gasteiger partial charge in [0.1, 0.15) is 11.5 Å². The lowest BCUT2D eigenvalue weighted by Gasteiger charge is -2.28. The average molecular weight is 436 g/mol. The highest BCUT2D eigenvalue weighted by Crippen LogP contribution is 2.38. The summed E-state index contributed by atoms with van der Waals surface area (Å²) >= 11 is 0. The van der Waals surface area contributed by atoms with Gasteiger partial charge in [-0.3, -0.25) is 9.69 Å². The number of carbonyl (C=O) groups is 2. The van der Waals surface area contributed by atoms with Gasteiger partial charge in [0.05, 0.1) is 20.8 Å². The number of ether oxygens (including phenoxy) is 2. The molecule has 1 fully saturated rings. The van der Waals surface area contributed by atoms with Gasteiger partial charge >= 0.3 is 6.03 Å². The second-order valence-corrected chi connectivity index (χ2v) is 7.35. The number of methoxy groups -OCH3 is 2. The summed E-state index contributed by atoms with van der Waals surface area (Å²) < 4.78 is 12.1. The minimum absolute atomic E-state index is 0.0360. The molecule has 0 bridgehead atoms. The summed E-state index contributed by atoms with van der Waals surface area (Å²) in [4.78, 5) is 28.0. The fourth-order valence-electron chi connectivity index (χ4n) is 3.82. The normalized spacial score (nSPS) is 15.0. The maximum absolute atomic E-state index is 13.8. The fourth-order valence-corrected chi connectivity index (χ4v) is 3.82. The van der Waals surface area contributed by atoms with Crippen molar-refractivity contribution in [2.45, 2.75) is 32.0 Å². The van der Waals surface area contributed by atoms with E-state index in [1.54, 1.807) is 67.4 Å². The molecule has 2 aromatic carbocycles. The van der Waals surface area contributed by atoms with E-state index in [-0.39, 0.29) is 6.54 Å². The maximum atomic E-state index is 13.8. The largest absolute Gasteiger partial charge is 0.497 e. The van der Waals surface area contributed by atoms with Gasteiger partial charge in [0.25, 0.3) is 5.91 Å². The number of hydrogen-bond acceptors (Lipinski definition) is 7. The minimum atomic E-state index is -1.40. The maximum Gasteiger partial charge on any atom is 0.325 e. The van der Waals surface area contributed by atoms with Gasteiger partial charge in [0.2, 0.25) is 0 Å². The average Bonchev–Trinajstić information content (AvgIpc) is 3.37. The Kier molecular flexibility index (Phi) is 5.76. The number of rotatable bonds is 8. The summed E-state index contributed by atoms with van der Waals surface area (Å²) in [6, 6.07) is 13.6. The molecule has 3 aromatic rings. The first kappa shape index (κ1) is 21.3. The lowest BCUT2D eigenvalue weighted by Crippen LogP contribution is -2.45. The van der Waals surface area contributed by atoms with Crippen LogP contribution in [0.5, 0.6) is 11.5 Å². The molecule has 1 N–H and O–H groups in total. The number of carbonyl (C=O) groups excluding carboxylic acids is 2. The molecule has 10 nitrogen and oxygen atoms in total. The number of aromatic nitrogens is 4. The molecule has 0 aliphatic carbocycles. The highest BCUT2D eigenvalue weighted by molar-refractivity contribution is 6.09.